The van der Waals surface area contributed by atoms with Crippen molar-refractivity contribution in [3.8, 4) is 0 Å². The van der Waals surface area contributed by atoms with Crippen LogP contribution in [-0.4, -0.2) is 25.3 Å². The molecule has 0 fully saturated rings. The molecule has 1 aromatic rings. The summed E-state index contributed by atoms with van der Waals surface area (Å²) in [7, 11) is 1.67. The third-order valence-electron chi connectivity index (χ3n) is 2.26. The van der Waals surface area contributed by atoms with Crippen LogP contribution >= 0.6 is 0 Å². The molecule has 3 nitrogen and oxygen atoms in total. The number of ether oxygens (including phenoxy) is 1. The first-order valence-electron chi connectivity index (χ1n) is 5.24. The van der Waals surface area contributed by atoms with Crippen molar-refractivity contribution in [2.45, 2.75) is 19.6 Å². The molecule has 0 heterocycles. The van der Waals surface area contributed by atoms with Crippen molar-refractivity contribution in [1.82, 2.24) is 5.32 Å². The predicted molar refractivity (Wildman–Crippen MR) is 60.7 cm³/mol. The van der Waals surface area contributed by atoms with Crippen molar-refractivity contribution >= 4 is 0 Å². The van der Waals surface area contributed by atoms with Gasteiger partial charge in [-0.25, -0.2) is 0 Å². The maximum atomic E-state index is 9.78. The Morgan fingerprint density at radius 3 is 2.53 bits per heavy atom. The predicted octanol–water partition coefficient (Wildman–Crippen LogP) is 1.48. The molecular formula is C12H19NO2. The normalized spacial score (nSPS) is 12.7. The third-order valence-corrected chi connectivity index (χ3v) is 2.26. The van der Waals surface area contributed by atoms with Crippen molar-refractivity contribution < 1.29 is 9.84 Å². The fourth-order valence-electron chi connectivity index (χ4n) is 1.40. The van der Waals surface area contributed by atoms with Gasteiger partial charge in [0.1, 0.15) is 0 Å². The van der Waals surface area contributed by atoms with Crippen molar-refractivity contribution in [2.24, 2.45) is 0 Å². The second kappa shape index (κ2) is 6.56. The second-order valence-corrected chi connectivity index (χ2v) is 3.50. The summed E-state index contributed by atoms with van der Waals surface area (Å²) in [6.45, 7) is 4.11. The number of benzene rings is 1. The van der Waals surface area contributed by atoms with Crippen LogP contribution in [0.5, 0.6) is 0 Å². The van der Waals surface area contributed by atoms with E-state index < -0.39 is 6.10 Å². The van der Waals surface area contributed by atoms with Gasteiger partial charge in [-0.15, -0.1) is 0 Å². The maximum absolute atomic E-state index is 9.78. The van der Waals surface area contributed by atoms with Gasteiger partial charge in [-0.1, -0.05) is 31.2 Å². The Morgan fingerprint density at radius 2 is 2.00 bits per heavy atom. The highest BCUT2D eigenvalue weighted by Gasteiger charge is 2.05. The van der Waals surface area contributed by atoms with Gasteiger partial charge in [0.2, 0.25) is 0 Å². The molecule has 0 radical (unpaired) electrons. The SMILES string of the molecule is CCNCC(O)c1ccc(COC)cc1. The quantitative estimate of drug-likeness (QED) is 0.745. The lowest BCUT2D eigenvalue weighted by atomic mass is 10.1. The standard InChI is InChI=1S/C12H19NO2/c1-3-13-8-12(14)11-6-4-10(5-7-11)9-15-2/h4-7,12-14H,3,8-9H2,1-2H3. The summed E-state index contributed by atoms with van der Waals surface area (Å²) in [5.74, 6) is 0. The summed E-state index contributed by atoms with van der Waals surface area (Å²) in [6, 6.07) is 7.84. The molecule has 3 heteroatoms. The molecule has 0 aromatic heterocycles. The number of hydrogen-bond donors (Lipinski definition) is 2. The Morgan fingerprint density at radius 1 is 1.33 bits per heavy atom. The molecule has 15 heavy (non-hydrogen) atoms. The van der Waals surface area contributed by atoms with Crippen molar-refractivity contribution in [2.75, 3.05) is 20.2 Å². The number of aliphatic hydroxyl groups excluding tert-OH is 1. The summed E-state index contributed by atoms with van der Waals surface area (Å²) < 4.78 is 5.02. The Kier molecular flexibility index (Phi) is 5.32. The molecule has 1 rings (SSSR count). The highest BCUT2D eigenvalue weighted by molar-refractivity contribution is 5.23. The first-order valence-corrected chi connectivity index (χ1v) is 5.24. The lowest BCUT2D eigenvalue weighted by molar-refractivity contribution is 0.174. The smallest absolute Gasteiger partial charge is 0.0914 e. The first kappa shape index (κ1) is 12.2. The zero-order chi connectivity index (χ0) is 11.1. The largest absolute Gasteiger partial charge is 0.387 e. The summed E-state index contributed by atoms with van der Waals surface area (Å²) in [4.78, 5) is 0. The van der Waals surface area contributed by atoms with Crippen LogP contribution in [0, 0.1) is 0 Å². The number of hydrogen-bond acceptors (Lipinski definition) is 3. The van der Waals surface area contributed by atoms with Crippen LogP contribution in [0.15, 0.2) is 24.3 Å². The number of likely N-dealkylation sites (N-methyl/N-ethyl adjacent to an activating group) is 1. The van der Waals surface area contributed by atoms with Gasteiger partial charge in [0.25, 0.3) is 0 Å². The van der Waals surface area contributed by atoms with Crippen LogP contribution in [0.1, 0.15) is 24.2 Å². The maximum Gasteiger partial charge on any atom is 0.0914 e. The van der Waals surface area contributed by atoms with Gasteiger partial charge < -0.3 is 15.2 Å². The molecule has 0 amide bonds. The summed E-state index contributed by atoms with van der Waals surface area (Å²) in [5, 5.41) is 12.9. The molecule has 0 saturated carbocycles. The average molecular weight is 209 g/mol. The Balaban J connectivity index is 2.54. The second-order valence-electron chi connectivity index (χ2n) is 3.50. The van der Waals surface area contributed by atoms with E-state index in [4.69, 9.17) is 4.74 Å². The molecule has 0 aliphatic rings. The van der Waals surface area contributed by atoms with Gasteiger partial charge in [0.15, 0.2) is 0 Å². The Labute approximate surface area is 91.1 Å². The molecule has 84 valence electrons. The average Bonchev–Trinajstić information content (AvgIpc) is 2.27. The fraction of sp³-hybridized carbons (Fsp3) is 0.500. The van der Waals surface area contributed by atoms with Crippen LogP contribution in [-0.2, 0) is 11.3 Å². The number of rotatable bonds is 6. The molecule has 2 N–H and O–H groups in total. The molecular weight excluding hydrogens is 190 g/mol. The van der Waals surface area contributed by atoms with E-state index in [0.717, 1.165) is 17.7 Å². The van der Waals surface area contributed by atoms with Crippen LogP contribution in [0.3, 0.4) is 0 Å². The Hall–Kier alpha value is -0.900. The highest BCUT2D eigenvalue weighted by atomic mass is 16.5. The van der Waals surface area contributed by atoms with Crippen LogP contribution in [0.4, 0.5) is 0 Å². The number of nitrogens with one attached hydrogen (secondary N) is 1. The molecule has 1 atom stereocenters. The molecule has 1 unspecified atom stereocenters. The number of aliphatic hydroxyl groups is 1. The van der Waals surface area contributed by atoms with E-state index in [1.54, 1.807) is 7.11 Å². The van der Waals surface area contributed by atoms with Gasteiger partial charge in [0.05, 0.1) is 12.7 Å². The zero-order valence-corrected chi connectivity index (χ0v) is 9.36. The monoisotopic (exact) mass is 209 g/mol. The molecule has 0 bridgehead atoms. The van der Waals surface area contributed by atoms with E-state index >= 15 is 0 Å². The van der Waals surface area contributed by atoms with Crippen LogP contribution < -0.4 is 5.32 Å². The topological polar surface area (TPSA) is 41.5 Å². The first-order chi connectivity index (χ1) is 7.27. The zero-order valence-electron chi connectivity index (χ0n) is 9.36. The van der Waals surface area contributed by atoms with E-state index in [-0.39, 0.29) is 0 Å². The van der Waals surface area contributed by atoms with Gasteiger partial charge in [-0.05, 0) is 17.7 Å². The van der Waals surface area contributed by atoms with E-state index in [1.807, 2.05) is 31.2 Å². The summed E-state index contributed by atoms with van der Waals surface area (Å²) in [5.41, 5.74) is 2.06. The van der Waals surface area contributed by atoms with Crippen molar-refractivity contribution in [3.05, 3.63) is 35.4 Å². The van der Waals surface area contributed by atoms with E-state index in [9.17, 15) is 5.11 Å². The fourth-order valence-corrected chi connectivity index (χ4v) is 1.40. The minimum Gasteiger partial charge on any atom is -0.387 e. The van der Waals surface area contributed by atoms with Gasteiger partial charge in [0, 0.05) is 13.7 Å². The van der Waals surface area contributed by atoms with Crippen molar-refractivity contribution in [3.63, 3.8) is 0 Å². The third kappa shape index (κ3) is 4.00. The van der Waals surface area contributed by atoms with Crippen molar-refractivity contribution in [1.29, 1.82) is 0 Å². The lowest BCUT2D eigenvalue weighted by Gasteiger charge is -2.11. The minimum absolute atomic E-state index is 0.429. The molecule has 1 aromatic carbocycles. The van der Waals surface area contributed by atoms with E-state index in [0.29, 0.717) is 13.2 Å². The highest BCUT2D eigenvalue weighted by Crippen LogP contribution is 2.13. The Bertz CT molecular complexity index is 271. The minimum atomic E-state index is -0.429. The molecule has 0 aliphatic carbocycles. The molecule has 0 spiro atoms. The molecule has 0 aliphatic heterocycles. The number of methoxy groups -OCH3 is 1. The van der Waals surface area contributed by atoms with E-state index in [1.165, 1.54) is 0 Å². The van der Waals surface area contributed by atoms with Crippen LogP contribution in [0.25, 0.3) is 0 Å². The lowest BCUT2D eigenvalue weighted by Crippen LogP contribution is -2.20. The van der Waals surface area contributed by atoms with Gasteiger partial charge in [-0.2, -0.15) is 0 Å². The molecule has 0 saturated heterocycles. The summed E-state index contributed by atoms with van der Waals surface area (Å²) >= 11 is 0. The summed E-state index contributed by atoms with van der Waals surface area (Å²) in [6.07, 6.45) is -0.429. The van der Waals surface area contributed by atoms with Gasteiger partial charge in [-0.3, -0.25) is 0 Å². The van der Waals surface area contributed by atoms with Gasteiger partial charge >= 0.3 is 0 Å². The van der Waals surface area contributed by atoms with Crippen LogP contribution in [0.2, 0.25) is 0 Å². The van der Waals surface area contributed by atoms with E-state index in [2.05, 4.69) is 5.32 Å².